The minimum atomic E-state index is -0.752. The maximum Gasteiger partial charge on any atom is 0.306 e. The molecule has 1 amide bonds. The largest absolute Gasteiger partial charge is 0.497 e. The second-order valence-electron chi connectivity index (χ2n) is 6.86. The Bertz CT molecular complexity index is 570. The lowest BCUT2D eigenvalue weighted by molar-refractivity contribution is -0.155. The summed E-state index contributed by atoms with van der Waals surface area (Å²) >= 11 is 0. The number of esters is 1. The molecule has 25 heavy (non-hydrogen) atoms. The van der Waals surface area contributed by atoms with E-state index in [9.17, 15) is 9.59 Å². The van der Waals surface area contributed by atoms with Gasteiger partial charge in [-0.25, -0.2) is 0 Å². The fraction of sp³-hybridized carbons (Fsp3) is 0.600. The van der Waals surface area contributed by atoms with Gasteiger partial charge >= 0.3 is 5.97 Å². The molecule has 5 heteroatoms. The van der Waals surface area contributed by atoms with E-state index in [-0.39, 0.29) is 24.3 Å². The highest BCUT2D eigenvalue weighted by Gasteiger charge is 2.26. The van der Waals surface area contributed by atoms with Crippen LogP contribution in [0.1, 0.15) is 51.5 Å². The summed E-state index contributed by atoms with van der Waals surface area (Å²) in [6, 6.07) is 7.77. The molecular formula is C20H29NO4. The van der Waals surface area contributed by atoms with Crippen molar-refractivity contribution in [3.8, 4) is 5.75 Å². The smallest absolute Gasteiger partial charge is 0.306 e. The van der Waals surface area contributed by atoms with Crippen LogP contribution in [-0.4, -0.2) is 31.1 Å². The molecule has 0 spiro atoms. The minimum Gasteiger partial charge on any atom is -0.497 e. The van der Waals surface area contributed by atoms with Gasteiger partial charge in [0.2, 0.25) is 0 Å². The summed E-state index contributed by atoms with van der Waals surface area (Å²) in [6.45, 7) is 3.80. The van der Waals surface area contributed by atoms with Crippen molar-refractivity contribution in [1.29, 1.82) is 0 Å². The normalized spacial score (nSPS) is 21.2. The summed E-state index contributed by atoms with van der Waals surface area (Å²) in [5.41, 5.74) is 1.03. The van der Waals surface area contributed by atoms with E-state index in [4.69, 9.17) is 9.47 Å². The van der Waals surface area contributed by atoms with Gasteiger partial charge in [0.15, 0.2) is 6.10 Å². The van der Waals surface area contributed by atoms with E-state index >= 15 is 0 Å². The predicted octanol–water partition coefficient (Wildman–Crippen LogP) is 3.25. The molecule has 1 aliphatic rings. The molecule has 5 nitrogen and oxygen atoms in total. The maximum absolute atomic E-state index is 12.2. The number of carbonyl (C=O) groups excluding carboxylic acids is 2. The number of hydrogen-bond donors (Lipinski definition) is 1. The monoisotopic (exact) mass is 347 g/mol. The molecule has 0 saturated heterocycles. The maximum atomic E-state index is 12.2. The zero-order chi connectivity index (χ0) is 18.2. The van der Waals surface area contributed by atoms with Crippen LogP contribution >= 0.6 is 0 Å². The molecule has 0 aliphatic heterocycles. The molecule has 0 aromatic heterocycles. The van der Waals surface area contributed by atoms with Crippen molar-refractivity contribution in [3.63, 3.8) is 0 Å². The predicted molar refractivity (Wildman–Crippen MR) is 96.4 cm³/mol. The molecule has 0 bridgehead atoms. The molecule has 138 valence electrons. The lowest BCUT2D eigenvalue weighted by Crippen LogP contribution is -2.46. The summed E-state index contributed by atoms with van der Waals surface area (Å²) in [4.78, 5) is 24.2. The lowest BCUT2D eigenvalue weighted by Gasteiger charge is -2.30. The van der Waals surface area contributed by atoms with Gasteiger partial charge in [0.25, 0.3) is 5.91 Å². The number of amides is 1. The van der Waals surface area contributed by atoms with Gasteiger partial charge in [-0.05, 0) is 49.8 Å². The van der Waals surface area contributed by atoms with Gasteiger partial charge in [0.05, 0.1) is 7.11 Å². The van der Waals surface area contributed by atoms with Crippen LogP contribution in [-0.2, 0) is 20.7 Å². The topological polar surface area (TPSA) is 64.6 Å². The highest BCUT2D eigenvalue weighted by atomic mass is 16.5. The third-order valence-corrected chi connectivity index (χ3v) is 4.89. The standard InChI is InChI=1S/C20H29NO4/c1-14-6-4-5-7-18(14)21-20(23)15(2)25-19(22)13-10-16-8-11-17(24-3)12-9-16/h8-9,11-12,14-15,18H,4-7,10,13H2,1-3H3,(H,21,23)/t14-,15-,18+/m1/s1. The van der Waals surface area contributed by atoms with Crippen molar-refractivity contribution in [1.82, 2.24) is 5.32 Å². The van der Waals surface area contributed by atoms with Crippen LogP contribution in [0.25, 0.3) is 0 Å². The van der Waals surface area contributed by atoms with Crippen molar-refractivity contribution in [2.24, 2.45) is 5.92 Å². The molecule has 1 saturated carbocycles. The van der Waals surface area contributed by atoms with Crippen LogP contribution in [0, 0.1) is 5.92 Å². The Balaban J connectivity index is 1.73. The first-order valence-corrected chi connectivity index (χ1v) is 9.12. The van der Waals surface area contributed by atoms with Crippen LogP contribution in [0.4, 0.5) is 0 Å². The molecule has 1 aromatic carbocycles. The third kappa shape index (κ3) is 6.07. The zero-order valence-electron chi connectivity index (χ0n) is 15.4. The third-order valence-electron chi connectivity index (χ3n) is 4.89. The van der Waals surface area contributed by atoms with Crippen LogP contribution < -0.4 is 10.1 Å². The number of methoxy groups -OCH3 is 1. The molecule has 0 unspecified atom stereocenters. The molecule has 0 radical (unpaired) electrons. The first-order chi connectivity index (χ1) is 12.0. The average molecular weight is 347 g/mol. The number of ether oxygens (including phenoxy) is 2. The summed E-state index contributed by atoms with van der Waals surface area (Å²) < 4.78 is 10.4. The second kappa shape index (κ2) is 9.44. The summed E-state index contributed by atoms with van der Waals surface area (Å²) in [5, 5.41) is 3.03. The van der Waals surface area contributed by atoms with Gasteiger partial charge in [-0.15, -0.1) is 0 Å². The highest BCUT2D eigenvalue weighted by molar-refractivity contribution is 5.83. The SMILES string of the molecule is COc1ccc(CCC(=O)O[C@H](C)C(=O)N[C@H]2CCCC[C@H]2C)cc1. The van der Waals surface area contributed by atoms with Crippen LogP contribution in [0.15, 0.2) is 24.3 Å². The van der Waals surface area contributed by atoms with E-state index in [1.807, 2.05) is 24.3 Å². The van der Waals surface area contributed by atoms with Gasteiger partial charge in [0, 0.05) is 12.5 Å². The zero-order valence-corrected chi connectivity index (χ0v) is 15.4. The van der Waals surface area contributed by atoms with Gasteiger partial charge in [-0.2, -0.15) is 0 Å². The molecule has 3 atom stereocenters. The lowest BCUT2D eigenvalue weighted by atomic mass is 9.86. The Morgan fingerprint density at radius 1 is 1.20 bits per heavy atom. The number of carbonyl (C=O) groups is 2. The molecule has 2 rings (SSSR count). The number of rotatable bonds is 7. The van der Waals surface area contributed by atoms with Gasteiger partial charge in [0.1, 0.15) is 5.75 Å². The van der Waals surface area contributed by atoms with E-state index in [1.54, 1.807) is 14.0 Å². The summed E-state index contributed by atoms with van der Waals surface area (Å²) in [7, 11) is 1.62. The fourth-order valence-electron chi connectivity index (χ4n) is 3.18. The number of hydrogen-bond acceptors (Lipinski definition) is 4. The van der Waals surface area contributed by atoms with Crippen molar-refractivity contribution < 1.29 is 19.1 Å². The highest BCUT2D eigenvalue weighted by Crippen LogP contribution is 2.23. The Labute approximate surface area is 150 Å². The Kier molecular flexibility index (Phi) is 7.29. The van der Waals surface area contributed by atoms with Gasteiger partial charge in [-0.1, -0.05) is 31.9 Å². The van der Waals surface area contributed by atoms with Crippen molar-refractivity contribution >= 4 is 11.9 Å². The summed E-state index contributed by atoms with van der Waals surface area (Å²) in [5.74, 6) is 0.718. The quantitative estimate of drug-likeness (QED) is 0.769. The van der Waals surface area contributed by atoms with Crippen LogP contribution in [0.5, 0.6) is 5.75 Å². The second-order valence-corrected chi connectivity index (χ2v) is 6.86. The van der Waals surface area contributed by atoms with E-state index in [2.05, 4.69) is 12.2 Å². The van der Waals surface area contributed by atoms with Crippen LogP contribution in [0.3, 0.4) is 0 Å². The average Bonchev–Trinajstić information content (AvgIpc) is 2.62. The van der Waals surface area contributed by atoms with E-state index in [1.165, 1.54) is 6.42 Å². The molecule has 0 heterocycles. The Morgan fingerprint density at radius 3 is 2.52 bits per heavy atom. The number of aryl methyl sites for hydroxylation is 1. The minimum absolute atomic E-state index is 0.196. The molecule has 1 aliphatic carbocycles. The molecular weight excluding hydrogens is 318 g/mol. The number of benzene rings is 1. The molecule has 1 aromatic rings. The van der Waals surface area contributed by atoms with Crippen molar-refractivity contribution in [2.45, 2.75) is 64.5 Å². The van der Waals surface area contributed by atoms with E-state index < -0.39 is 6.10 Å². The first kappa shape index (κ1) is 19.3. The van der Waals surface area contributed by atoms with E-state index in [0.717, 1.165) is 30.6 Å². The van der Waals surface area contributed by atoms with Crippen LogP contribution in [0.2, 0.25) is 0 Å². The summed E-state index contributed by atoms with van der Waals surface area (Å²) in [6.07, 6.45) is 4.60. The Hall–Kier alpha value is -2.04. The number of nitrogens with one attached hydrogen (secondary N) is 1. The van der Waals surface area contributed by atoms with Crippen molar-refractivity contribution in [3.05, 3.63) is 29.8 Å². The van der Waals surface area contributed by atoms with E-state index in [0.29, 0.717) is 12.3 Å². The first-order valence-electron chi connectivity index (χ1n) is 9.12. The van der Waals surface area contributed by atoms with Crippen molar-refractivity contribution in [2.75, 3.05) is 7.11 Å². The van der Waals surface area contributed by atoms with Gasteiger partial charge in [-0.3, -0.25) is 9.59 Å². The Morgan fingerprint density at radius 2 is 1.88 bits per heavy atom. The molecule has 1 N–H and O–H groups in total. The molecule has 1 fully saturated rings. The van der Waals surface area contributed by atoms with Gasteiger partial charge < -0.3 is 14.8 Å². The fourth-order valence-corrected chi connectivity index (χ4v) is 3.18.